The first-order valence-electron chi connectivity index (χ1n) is 4.03. The largest absolute Gasteiger partial charge is 0.322 e. The maximum absolute atomic E-state index is 13.2. The molecule has 2 N–H and O–H groups in total. The molecule has 0 unspecified atom stereocenters. The summed E-state index contributed by atoms with van der Waals surface area (Å²) < 4.78 is 13.8. The van der Waals surface area contributed by atoms with Crippen LogP contribution in [0.15, 0.2) is 22.7 Å². The Morgan fingerprint density at radius 1 is 1.57 bits per heavy atom. The molecule has 0 bridgehead atoms. The Hall–Kier alpha value is -0.940. The second-order valence-corrected chi connectivity index (χ2v) is 3.62. The lowest BCUT2D eigenvalue weighted by atomic mass is 10.3. The summed E-state index contributed by atoms with van der Waals surface area (Å²) >= 11 is 3.13. The molecule has 0 atom stereocenters. The van der Waals surface area contributed by atoms with Crippen LogP contribution in [0, 0.1) is 5.82 Å². The van der Waals surface area contributed by atoms with Crippen molar-refractivity contribution in [3.8, 4) is 0 Å². The summed E-state index contributed by atoms with van der Waals surface area (Å²) in [6.45, 7) is 0.162. The molecular formula is C9H10BrFN2O. The number of carbonyl (C=O) groups is 1. The predicted molar refractivity (Wildman–Crippen MR) is 56.7 cm³/mol. The molecule has 0 aromatic heterocycles. The van der Waals surface area contributed by atoms with Gasteiger partial charge in [0.05, 0.1) is 12.2 Å². The number of benzene rings is 1. The van der Waals surface area contributed by atoms with Gasteiger partial charge < -0.3 is 10.6 Å². The van der Waals surface area contributed by atoms with Gasteiger partial charge in [0.15, 0.2) is 0 Å². The van der Waals surface area contributed by atoms with Crippen molar-refractivity contribution in [2.24, 2.45) is 0 Å². The van der Waals surface area contributed by atoms with Gasteiger partial charge in [-0.15, -0.1) is 0 Å². The van der Waals surface area contributed by atoms with Crippen LogP contribution in [-0.4, -0.2) is 19.5 Å². The summed E-state index contributed by atoms with van der Waals surface area (Å²) in [7, 11) is 1.65. The van der Waals surface area contributed by atoms with Gasteiger partial charge in [0.2, 0.25) is 5.91 Å². The normalized spacial score (nSPS) is 9.93. The van der Waals surface area contributed by atoms with Crippen LogP contribution >= 0.6 is 15.9 Å². The Morgan fingerprint density at radius 2 is 2.29 bits per heavy atom. The van der Waals surface area contributed by atoms with Gasteiger partial charge in [0.1, 0.15) is 5.82 Å². The third-order valence-corrected chi connectivity index (χ3v) is 2.04. The highest BCUT2D eigenvalue weighted by Gasteiger charge is 2.05. The summed E-state index contributed by atoms with van der Waals surface area (Å²) in [5, 5.41) is 5.12. The van der Waals surface area contributed by atoms with E-state index < -0.39 is 5.82 Å². The highest BCUT2D eigenvalue weighted by Crippen LogP contribution is 2.18. The standard InChI is InChI=1S/C9H10BrFN2O/c1-12-5-9(14)13-8-3-2-6(10)4-7(8)11/h2-4,12H,5H2,1H3,(H,13,14). The van der Waals surface area contributed by atoms with E-state index in [2.05, 4.69) is 26.6 Å². The number of amides is 1. The van der Waals surface area contributed by atoms with Gasteiger partial charge >= 0.3 is 0 Å². The number of carbonyl (C=O) groups excluding carboxylic acids is 1. The number of anilines is 1. The smallest absolute Gasteiger partial charge is 0.238 e. The van der Waals surface area contributed by atoms with E-state index in [1.807, 2.05) is 0 Å². The topological polar surface area (TPSA) is 41.1 Å². The molecule has 0 radical (unpaired) electrons. The van der Waals surface area contributed by atoms with E-state index in [4.69, 9.17) is 0 Å². The molecule has 1 rings (SSSR count). The van der Waals surface area contributed by atoms with Gasteiger partial charge in [0, 0.05) is 4.47 Å². The molecule has 1 amide bonds. The molecule has 3 nitrogen and oxygen atoms in total. The molecule has 0 saturated heterocycles. The third-order valence-electron chi connectivity index (χ3n) is 1.54. The lowest BCUT2D eigenvalue weighted by Gasteiger charge is -2.05. The summed E-state index contributed by atoms with van der Waals surface area (Å²) in [6.07, 6.45) is 0. The van der Waals surface area contributed by atoms with Crippen molar-refractivity contribution >= 4 is 27.5 Å². The highest BCUT2D eigenvalue weighted by molar-refractivity contribution is 9.10. The second-order valence-electron chi connectivity index (χ2n) is 2.70. The van der Waals surface area contributed by atoms with Gasteiger partial charge in [-0.3, -0.25) is 4.79 Å². The van der Waals surface area contributed by atoms with Crippen molar-refractivity contribution in [1.82, 2.24) is 5.32 Å². The van der Waals surface area contributed by atoms with Crippen molar-refractivity contribution in [2.75, 3.05) is 18.9 Å². The first-order chi connectivity index (χ1) is 6.63. The Balaban J connectivity index is 2.72. The lowest BCUT2D eigenvalue weighted by molar-refractivity contribution is -0.115. The minimum Gasteiger partial charge on any atom is -0.322 e. The van der Waals surface area contributed by atoms with E-state index in [0.717, 1.165) is 0 Å². The number of nitrogens with one attached hydrogen (secondary N) is 2. The van der Waals surface area contributed by atoms with Crippen LogP contribution in [0.4, 0.5) is 10.1 Å². The van der Waals surface area contributed by atoms with Gasteiger partial charge in [0.25, 0.3) is 0 Å². The van der Waals surface area contributed by atoms with Crippen LogP contribution < -0.4 is 10.6 Å². The van der Waals surface area contributed by atoms with E-state index >= 15 is 0 Å². The molecule has 5 heteroatoms. The number of rotatable bonds is 3. The van der Waals surface area contributed by atoms with Crippen LogP contribution in [0.3, 0.4) is 0 Å². The molecule has 0 saturated carbocycles. The van der Waals surface area contributed by atoms with E-state index in [1.165, 1.54) is 12.1 Å². The number of hydrogen-bond donors (Lipinski definition) is 2. The van der Waals surface area contributed by atoms with Crippen LogP contribution in [0.1, 0.15) is 0 Å². The van der Waals surface area contributed by atoms with Crippen molar-refractivity contribution < 1.29 is 9.18 Å². The maximum Gasteiger partial charge on any atom is 0.238 e. The fraction of sp³-hybridized carbons (Fsp3) is 0.222. The van der Waals surface area contributed by atoms with Gasteiger partial charge in [-0.05, 0) is 25.2 Å². The molecule has 1 aromatic carbocycles. The highest BCUT2D eigenvalue weighted by atomic mass is 79.9. The fourth-order valence-electron chi connectivity index (χ4n) is 0.946. The molecule has 0 fully saturated rings. The Labute approximate surface area is 89.8 Å². The first kappa shape index (κ1) is 11.1. The van der Waals surface area contributed by atoms with Gasteiger partial charge in [-0.2, -0.15) is 0 Å². The molecule has 0 spiro atoms. The monoisotopic (exact) mass is 260 g/mol. The summed E-state index contributed by atoms with van der Waals surface area (Å²) in [4.78, 5) is 11.1. The summed E-state index contributed by atoms with van der Waals surface area (Å²) in [5.41, 5.74) is 0.188. The van der Waals surface area contributed by atoms with Crippen molar-refractivity contribution in [3.05, 3.63) is 28.5 Å². The zero-order valence-electron chi connectivity index (χ0n) is 7.60. The Morgan fingerprint density at radius 3 is 2.86 bits per heavy atom. The van der Waals surface area contributed by atoms with Crippen molar-refractivity contribution in [3.63, 3.8) is 0 Å². The Bertz CT molecular complexity index is 344. The lowest BCUT2D eigenvalue weighted by Crippen LogP contribution is -2.25. The molecule has 0 aliphatic carbocycles. The van der Waals surface area contributed by atoms with E-state index in [-0.39, 0.29) is 18.1 Å². The maximum atomic E-state index is 13.2. The van der Waals surface area contributed by atoms with Crippen LogP contribution in [0.25, 0.3) is 0 Å². The molecule has 14 heavy (non-hydrogen) atoms. The predicted octanol–water partition coefficient (Wildman–Crippen LogP) is 1.75. The molecule has 0 aliphatic heterocycles. The van der Waals surface area contributed by atoms with E-state index in [0.29, 0.717) is 4.47 Å². The average molecular weight is 261 g/mol. The Kier molecular flexibility index (Phi) is 4.03. The summed E-state index contributed by atoms with van der Waals surface area (Å²) in [5.74, 6) is -0.724. The minimum absolute atomic E-state index is 0.162. The van der Waals surface area contributed by atoms with Crippen LogP contribution in [0.2, 0.25) is 0 Å². The van der Waals surface area contributed by atoms with E-state index in [1.54, 1.807) is 13.1 Å². The molecule has 1 aromatic rings. The summed E-state index contributed by atoms with van der Waals surface area (Å²) in [6, 6.07) is 4.47. The molecule has 0 heterocycles. The molecular weight excluding hydrogens is 251 g/mol. The van der Waals surface area contributed by atoms with Crippen molar-refractivity contribution in [1.29, 1.82) is 0 Å². The quantitative estimate of drug-likeness (QED) is 0.870. The fourth-order valence-corrected chi connectivity index (χ4v) is 1.28. The van der Waals surface area contributed by atoms with Gasteiger partial charge in [-0.25, -0.2) is 4.39 Å². The van der Waals surface area contributed by atoms with Crippen LogP contribution in [0.5, 0.6) is 0 Å². The number of halogens is 2. The van der Waals surface area contributed by atoms with E-state index in [9.17, 15) is 9.18 Å². The SMILES string of the molecule is CNCC(=O)Nc1ccc(Br)cc1F. The zero-order valence-corrected chi connectivity index (χ0v) is 9.19. The number of hydrogen-bond acceptors (Lipinski definition) is 2. The average Bonchev–Trinajstić information content (AvgIpc) is 2.10. The third kappa shape index (κ3) is 3.08. The first-order valence-corrected chi connectivity index (χ1v) is 4.82. The second kappa shape index (κ2) is 5.07. The zero-order chi connectivity index (χ0) is 10.6. The number of likely N-dealkylation sites (N-methyl/N-ethyl adjacent to an activating group) is 1. The van der Waals surface area contributed by atoms with Crippen molar-refractivity contribution in [2.45, 2.75) is 0 Å². The van der Waals surface area contributed by atoms with Crippen LogP contribution in [-0.2, 0) is 4.79 Å². The van der Waals surface area contributed by atoms with Gasteiger partial charge in [-0.1, -0.05) is 15.9 Å². The molecule has 76 valence electrons. The minimum atomic E-state index is -0.455. The molecule has 0 aliphatic rings.